The number of aliphatic carboxylic acids is 1. The second-order valence-electron chi connectivity index (χ2n) is 3.88. The molecule has 0 aliphatic rings. The smallest absolute Gasteiger partial charge is 0.303 e. The molecule has 1 rings (SSSR count). The highest BCUT2D eigenvalue weighted by Crippen LogP contribution is 2.22. The van der Waals surface area contributed by atoms with Crippen molar-refractivity contribution in [3.05, 3.63) is 28.8 Å². The van der Waals surface area contributed by atoms with E-state index in [2.05, 4.69) is 5.32 Å². The quantitative estimate of drug-likeness (QED) is 0.731. The fourth-order valence-corrected chi connectivity index (χ4v) is 1.59. The highest BCUT2D eigenvalue weighted by atomic mass is 35.5. The summed E-state index contributed by atoms with van der Waals surface area (Å²) in [6, 6.07) is 5.48. The topological polar surface area (TPSA) is 69.6 Å². The molecule has 0 bridgehead atoms. The Morgan fingerprint density at radius 1 is 1.53 bits per heavy atom. The van der Waals surface area contributed by atoms with E-state index < -0.39 is 12.1 Å². The van der Waals surface area contributed by atoms with Gasteiger partial charge in [0.25, 0.3) is 0 Å². The second-order valence-corrected chi connectivity index (χ2v) is 4.29. The number of carboxylic acids is 1. The number of hydrogen-bond acceptors (Lipinski definition) is 3. The molecule has 1 aromatic carbocycles. The van der Waals surface area contributed by atoms with Crippen molar-refractivity contribution in [1.29, 1.82) is 0 Å². The van der Waals surface area contributed by atoms with E-state index in [9.17, 15) is 9.90 Å². The normalized spacial score (nSPS) is 12.2. The van der Waals surface area contributed by atoms with Gasteiger partial charge in [0, 0.05) is 23.7 Å². The molecule has 0 aromatic heterocycles. The zero-order chi connectivity index (χ0) is 12.8. The summed E-state index contributed by atoms with van der Waals surface area (Å²) in [7, 11) is 0. The van der Waals surface area contributed by atoms with Gasteiger partial charge in [-0.15, -0.1) is 0 Å². The number of hydrogen-bond donors (Lipinski definition) is 3. The van der Waals surface area contributed by atoms with Gasteiger partial charge in [-0.3, -0.25) is 4.79 Å². The van der Waals surface area contributed by atoms with E-state index in [1.807, 2.05) is 19.1 Å². The van der Waals surface area contributed by atoms with E-state index >= 15 is 0 Å². The van der Waals surface area contributed by atoms with Crippen LogP contribution in [0.5, 0.6) is 0 Å². The summed E-state index contributed by atoms with van der Waals surface area (Å²) < 4.78 is 0. The SMILES string of the molecule is Cc1c(Cl)cccc1NCC(O)CCC(=O)O. The van der Waals surface area contributed by atoms with Crippen LogP contribution in [0.25, 0.3) is 0 Å². The predicted molar refractivity (Wildman–Crippen MR) is 67.6 cm³/mol. The molecule has 1 aromatic rings. The number of carbonyl (C=O) groups is 1. The van der Waals surface area contributed by atoms with Gasteiger partial charge in [0.2, 0.25) is 0 Å². The third-order valence-electron chi connectivity index (χ3n) is 2.49. The van der Waals surface area contributed by atoms with Gasteiger partial charge in [0.1, 0.15) is 0 Å². The standard InChI is InChI=1S/C12H16ClNO3/c1-8-10(13)3-2-4-11(8)14-7-9(15)5-6-12(16)17/h2-4,9,14-15H,5-7H2,1H3,(H,16,17). The van der Waals surface area contributed by atoms with Crippen molar-refractivity contribution >= 4 is 23.3 Å². The van der Waals surface area contributed by atoms with Crippen LogP contribution in [0.15, 0.2) is 18.2 Å². The summed E-state index contributed by atoms with van der Waals surface area (Å²) in [5.41, 5.74) is 1.77. The van der Waals surface area contributed by atoms with Crippen LogP contribution in [0.3, 0.4) is 0 Å². The molecule has 0 aliphatic carbocycles. The number of aliphatic hydroxyl groups excluding tert-OH is 1. The van der Waals surface area contributed by atoms with Gasteiger partial charge in [-0.05, 0) is 31.0 Å². The van der Waals surface area contributed by atoms with E-state index in [0.29, 0.717) is 11.6 Å². The molecule has 5 heteroatoms. The average molecular weight is 258 g/mol. The highest BCUT2D eigenvalue weighted by Gasteiger charge is 2.08. The van der Waals surface area contributed by atoms with Crippen LogP contribution in [0.4, 0.5) is 5.69 Å². The summed E-state index contributed by atoms with van der Waals surface area (Å²) in [6.45, 7) is 2.20. The van der Waals surface area contributed by atoms with Gasteiger partial charge in [-0.1, -0.05) is 17.7 Å². The largest absolute Gasteiger partial charge is 0.481 e. The Bertz CT molecular complexity index is 395. The molecule has 0 saturated carbocycles. The molecule has 1 atom stereocenters. The Hall–Kier alpha value is -1.26. The molecular formula is C12H16ClNO3. The van der Waals surface area contributed by atoms with Crippen LogP contribution in [-0.4, -0.2) is 28.8 Å². The van der Waals surface area contributed by atoms with Crippen LogP contribution < -0.4 is 5.32 Å². The van der Waals surface area contributed by atoms with Crippen molar-refractivity contribution in [2.45, 2.75) is 25.9 Å². The summed E-state index contributed by atoms with van der Waals surface area (Å²) in [4.78, 5) is 10.3. The number of carboxylic acid groups (broad SMARTS) is 1. The van der Waals surface area contributed by atoms with E-state index in [0.717, 1.165) is 11.3 Å². The first-order valence-electron chi connectivity index (χ1n) is 5.39. The fourth-order valence-electron chi connectivity index (χ4n) is 1.42. The number of halogens is 1. The van der Waals surface area contributed by atoms with Crippen LogP contribution in [-0.2, 0) is 4.79 Å². The maximum Gasteiger partial charge on any atom is 0.303 e. The molecule has 0 radical (unpaired) electrons. The van der Waals surface area contributed by atoms with Crippen molar-refractivity contribution in [1.82, 2.24) is 0 Å². The van der Waals surface area contributed by atoms with Crippen molar-refractivity contribution in [2.75, 3.05) is 11.9 Å². The number of aliphatic hydroxyl groups is 1. The average Bonchev–Trinajstić information content (AvgIpc) is 2.28. The lowest BCUT2D eigenvalue weighted by molar-refractivity contribution is -0.137. The van der Waals surface area contributed by atoms with Gasteiger partial charge in [0.15, 0.2) is 0 Å². The first kappa shape index (κ1) is 13.8. The Morgan fingerprint density at radius 3 is 2.88 bits per heavy atom. The maximum absolute atomic E-state index is 10.3. The van der Waals surface area contributed by atoms with Crippen LogP contribution in [0.1, 0.15) is 18.4 Å². The monoisotopic (exact) mass is 257 g/mol. The van der Waals surface area contributed by atoms with Gasteiger partial charge in [-0.25, -0.2) is 0 Å². The Balaban J connectivity index is 2.44. The van der Waals surface area contributed by atoms with E-state index in [-0.39, 0.29) is 12.8 Å². The molecular weight excluding hydrogens is 242 g/mol. The molecule has 0 heterocycles. The summed E-state index contributed by atoms with van der Waals surface area (Å²) in [5.74, 6) is -0.900. The minimum Gasteiger partial charge on any atom is -0.481 e. The zero-order valence-corrected chi connectivity index (χ0v) is 10.4. The lowest BCUT2D eigenvalue weighted by Crippen LogP contribution is -2.20. The number of anilines is 1. The van der Waals surface area contributed by atoms with Gasteiger partial charge in [0.05, 0.1) is 6.10 Å². The van der Waals surface area contributed by atoms with Gasteiger partial charge >= 0.3 is 5.97 Å². The molecule has 0 amide bonds. The van der Waals surface area contributed by atoms with Crippen LogP contribution in [0, 0.1) is 6.92 Å². The number of benzene rings is 1. The van der Waals surface area contributed by atoms with Crippen molar-refractivity contribution < 1.29 is 15.0 Å². The van der Waals surface area contributed by atoms with Gasteiger partial charge < -0.3 is 15.5 Å². The first-order valence-corrected chi connectivity index (χ1v) is 5.77. The highest BCUT2D eigenvalue weighted by molar-refractivity contribution is 6.31. The van der Waals surface area contributed by atoms with Crippen molar-refractivity contribution in [3.63, 3.8) is 0 Å². The summed E-state index contributed by atoms with van der Waals surface area (Å²) in [6.07, 6.45) is -0.469. The molecule has 0 saturated heterocycles. The minimum atomic E-state index is -0.900. The number of nitrogens with one attached hydrogen (secondary N) is 1. The third kappa shape index (κ3) is 4.63. The third-order valence-corrected chi connectivity index (χ3v) is 2.90. The molecule has 94 valence electrons. The molecule has 17 heavy (non-hydrogen) atoms. The molecule has 3 N–H and O–H groups in total. The first-order chi connectivity index (χ1) is 8.00. The second kappa shape index (κ2) is 6.47. The lowest BCUT2D eigenvalue weighted by Gasteiger charge is -2.14. The maximum atomic E-state index is 10.3. The van der Waals surface area contributed by atoms with Crippen molar-refractivity contribution in [2.24, 2.45) is 0 Å². The van der Waals surface area contributed by atoms with Gasteiger partial charge in [-0.2, -0.15) is 0 Å². The fraction of sp³-hybridized carbons (Fsp3) is 0.417. The predicted octanol–water partition coefficient (Wildman–Crippen LogP) is 2.29. The van der Waals surface area contributed by atoms with Crippen molar-refractivity contribution in [3.8, 4) is 0 Å². The van der Waals surface area contributed by atoms with E-state index in [1.54, 1.807) is 6.07 Å². The van der Waals surface area contributed by atoms with E-state index in [4.69, 9.17) is 16.7 Å². The Labute approximate surface area is 105 Å². The Morgan fingerprint density at radius 2 is 2.24 bits per heavy atom. The zero-order valence-electron chi connectivity index (χ0n) is 9.61. The van der Waals surface area contributed by atoms with Crippen LogP contribution in [0.2, 0.25) is 5.02 Å². The van der Waals surface area contributed by atoms with E-state index in [1.165, 1.54) is 0 Å². The molecule has 0 spiro atoms. The summed E-state index contributed by atoms with van der Waals surface area (Å²) in [5, 5.41) is 21.8. The van der Waals surface area contributed by atoms with Crippen LogP contribution >= 0.6 is 11.6 Å². The molecule has 0 aliphatic heterocycles. The minimum absolute atomic E-state index is 0.0304. The molecule has 1 unspecified atom stereocenters. The Kier molecular flexibility index (Phi) is 5.25. The molecule has 0 fully saturated rings. The lowest BCUT2D eigenvalue weighted by atomic mass is 10.1. The molecule has 4 nitrogen and oxygen atoms in total. The number of rotatable bonds is 6. The summed E-state index contributed by atoms with van der Waals surface area (Å²) >= 11 is 5.95.